The van der Waals surface area contributed by atoms with Gasteiger partial charge in [-0.25, -0.2) is 4.39 Å². The van der Waals surface area contributed by atoms with E-state index in [1.165, 1.54) is 23.9 Å². The molecule has 0 aliphatic rings. The standard InChI is InChI=1S/C15H15FN2O2S/c1-2-17-14-8-3-11(9-15(14)18(19)20)10-21-13-6-4-12(16)5-7-13/h3-9,17H,2,10H2,1H3. The summed E-state index contributed by atoms with van der Waals surface area (Å²) in [7, 11) is 0. The molecule has 0 radical (unpaired) electrons. The molecule has 0 aliphatic heterocycles. The van der Waals surface area contributed by atoms with Crippen LogP contribution in [-0.2, 0) is 5.75 Å². The van der Waals surface area contributed by atoms with E-state index in [0.29, 0.717) is 18.0 Å². The van der Waals surface area contributed by atoms with Crippen LogP contribution < -0.4 is 5.32 Å². The molecule has 110 valence electrons. The molecule has 0 bridgehead atoms. The van der Waals surface area contributed by atoms with Gasteiger partial charge in [-0.3, -0.25) is 10.1 Å². The molecule has 6 heteroatoms. The van der Waals surface area contributed by atoms with Crippen LogP contribution in [0.2, 0.25) is 0 Å². The lowest BCUT2D eigenvalue weighted by Gasteiger charge is -2.07. The van der Waals surface area contributed by atoms with E-state index >= 15 is 0 Å². The Balaban J connectivity index is 2.11. The number of nitro benzene ring substituents is 1. The predicted octanol–water partition coefficient (Wildman–Crippen LogP) is 4.46. The van der Waals surface area contributed by atoms with Gasteiger partial charge in [-0.05, 0) is 42.8 Å². The molecule has 4 nitrogen and oxygen atoms in total. The average molecular weight is 306 g/mol. The van der Waals surface area contributed by atoms with Crippen LogP contribution in [0, 0.1) is 15.9 Å². The van der Waals surface area contributed by atoms with Gasteiger partial charge in [0, 0.05) is 23.3 Å². The van der Waals surface area contributed by atoms with Crippen LogP contribution in [0.3, 0.4) is 0 Å². The van der Waals surface area contributed by atoms with E-state index in [-0.39, 0.29) is 16.4 Å². The van der Waals surface area contributed by atoms with Crippen LogP contribution in [0.1, 0.15) is 12.5 Å². The Hall–Kier alpha value is -2.08. The second-order valence-corrected chi connectivity index (χ2v) is 5.43. The van der Waals surface area contributed by atoms with E-state index < -0.39 is 0 Å². The zero-order valence-electron chi connectivity index (χ0n) is 11.5. The maximum absolute atomic E-state index is 12.8. The maximum atomic E-state index is 12.8. The summed E-state index contributed by atoms with van der Waals surface area (Å²) in [6, 6.07) is 11.4. The first-order valence-electron chi connectivity index (χ1n) is 6.49. The Labute approximate surface area is 126 Å². The van der Waals surface area contributed by atoms with Gasteiger partial charge < -0.3 is 5.32 Å². The minimum Gasteiger partial charge on any atom is -0.380 e. The van der Waals surface area contributed by atoms with Crippen molar-refractivity contribution in [1.82, 2.24) is 0 Å². The second kappa shape index (κ2) is 7.08. The highest BCUT2D eigenvalue weighted by Gasteiger charge is 2.13. The van der Waals surface area contributed by atoms with Gasteiger partial charge in [0.25, 0.3) is 5.69 Å². The molecule has 0 saturated heterocycles. The number of nitrogens with zero attached hydrogens (tertiary/aromatic N) is 1. The van der Waals surface area contributed by atoms with Crippen molar-refractivity contribution >= 4 is 23.1 Å². The third-order valence-electron chi connectivity index (χ3n) is 2.85. The van der Waals surface area contributed by atoms with Crippen molar-refractivity contribution < 1.29 is 9.31 Å². The minimum absolute atomic E-state index is 0.0778. The summed E-state index contributed by atoms with van der Waals surface area (Å²) in [5.41, 5.74) is 1.46. The highest BCUT2D eigenvalue weighted by atomic mass is 32.2. The van der Waals surface area contributed by atoms with Gasteiger partial charge in [-0.15, -0.1) is 11.8 Å². The fourth-order valence-electron chi connectivity index (χ4n) is 1.86. The first-order chi connectivity index (χ1) is 10.1. The van der Waals surface area contributed by atoms with Crippen LogP contribution in [0.5, 0.6) is 0 Å². The Bertz CT molecular complexity index is 632. The van der Waals surface area contributed by atoms with Crippen molar-refractivity contribution in [3.05, 3.63) is 64.0 Å². The number of rotatable bonds is 6. The first kappa shape index (κ1) is 15.3. The summed E-state index contributed by atoms with van der Waals surface area (Å²) < 4.78 is 12.8. The van der Waals surface area contributed by atoms with E-state index in [1.54, 1.807) is 24.3 Å². The van der Waals surface area contributed by atoms with Crippen LogP contribution in [0.25, 0.3) is 0 Å². The monoisotopic (exact) mass is 306 g/mol. The summed E-state index contributed by atoms with van der Waals surface area (Å²) in [6.07, 6.45) is 0. The molecule has 0 heterocycles. The van der Waals surface area contributed by atoms with E-state index in [2.05, 4.69) is 5.32 Å². The van der Waals surface area contributed by atoms with Gasteiger partial charge in [0.2, 0.25) is 0 Å². The number of nitro groups is 1. The number of thioether (sulfide) groups is 1. The molecule has 0 unspecified atom stereocenters. The molecule has 0 aromatic heterocycles. The number of halogens is 1. The molecule has 2 aromatic carbocycles. The third-order valence-corrected chi connectivity index (χ3v) is 3.93. The highest BCUT2D eigenvalue weighted by Crippen LogP contribution is 2.29. The summed E-state index contributed by atoms with van der Waals surface area (Å²) in [5, 5.41) is 14.1. The molecular formula is C15H15FN2O2S. The largest absolute Gasteiger partial charge is 0.380 e. The van der Waals surface area contributed by atoms with E-state index in [4.69, 9.17) is 0 Å². The Kier molecular flexibility index (Phi) is 5.16. The van der Waals surface area contributed by atoms with Gasteiger partial charge in [0.1, 0.15) is 11.5 Å². The molecule has 0 spiro atoms. The summed E-state index contributed by atoms with van der Waals surface area (Å²) >= 11 is 1.51. The zero-order valence-corrected chi connectivity index (χ0v) is 12.3. The highest BCUT2D eigenvalue weighted by molar-refractivity contribution is 7.98. The van der Waals surface area contributed by atoms with Crippen LogP contribution in [0.4, 0.5) is 15.8 Å². The predicted molar refractivity (Wildman–Crippen MR) is 83.2 cm³/mol. The van der Waals surface area contributed by atoms with Crippen LogP contribution in [-0.4, -0.2) is 11.5 Å². The van der Waals surface area contributed by atoms with Crippen molar-refractivity contribution in [2.24, 2.45) is 0 Å². The number of anilines is 1. The Morgan fingerprint density at radius 3 is 2.57 bits per heavy atom. The number of benzene rings is 2. The summed E-state index contributed by atoms with van der Waals surface area (Å²) in [4.78, 5) is 11.6. The van der Waals surface area contributed by atoms with Gasteiger partial charge in [-0.2, -0.15) is 0 Å². The molecule has 1 N–H and O–H groups in total. The topological polar surface area (TPSA) is 55.2 Å². The Morgan fingerprint density at radius 2 is 1.95 bits per heavy atom. The van der Waals surface area contributed by atoms with Crippen molar-refractivity contribution in [3.63, 3.8) is 0 Å². The lowest BCUT2D eigenvalue weighted by molar-refractivity contribution is -0.384. The molecule has 2 rings (SSSR count). The van der Waals surface area contributed by atoms with Gasteiger partial charge in [0.05, 0.1) is 4.92 Å². The van der Waals surface area contributed by atoms with Gasteiger partial charge in [0.15, 0.2) is 0 Å². The molecule has 0 aliphatic carbocycles. The number of hydrogen-bond acceptors (Lipinski definition) is 4. The van der Waals surface area contributed by atoms with E-state index in [0.717, 1.165) is 10.5 Å². The van der Waals surface area contributed by atoms with Crippen molar-refractivity contribution in [3.8, 4) is 0 Å². The zero-order chi connectivity index (χ0) is 15.2. The number of hydrogen-bond donors (Lipinski definition) is 1. The summed E-state index contributed by atoms with van der Waals surface area (Å²) in [5.74, 6) is 0.323. The van der Waals surface area contributed by atoms with Crippen molar-refractivity contribution in [2.45, 2.75) is 17.6 Å². The fraction of sp³-hybridized carbons (Fsp3) is 0.200. The Morgan fingerprint density at radius 1 is 1.24 bits per heavy atom. The number of nitrogens with one attached hydrogen (secondary N) is 1. The third kappa shape index (κ3) is 4.19. The van der Waals surface area contributed by atoms with Crippen LogP contribution in [0.15, 0.2) is 47.4 Å². The van der Waals surface area contributed by atoms with Crippen molar-refractivity contribution in [2.75, 3.05) is 11.9 Å². The molecule has 21 heavy (non-hydrogen) atoms. The quantitative estimate of drug-likeness (QED) is 0.486. The molecule has 0 fully saturated rings. The van der Waals surface area contributed by atoms with E-state index in [9.17, 15) is 14.5 Å². The average Bonchev–Trinajstić information content (AvgIpc) is 2.48. The first-order valence-corrected chi connectivity index (χ1v) is 7.48. The van der Waals surface area contributed by atoms with Gasteiger partial charge >= 0.3 is 0 Å². The molecule has 0 saturated carbocycles. The SMILES string of the molecule is CCNc1ccc(CSc2ccc(F)cc2)cc1[N+](=O)[O-]. The molecular weight excluding hydrogens is 291 g/mol. The van der Waals surface area contributed by atoms with E-state index in [1.807, 2.05) is 13.0 Å². The summed E-state index contributed by atoms with van der Waals surface area (Å²) in [6.45, 7) is 2.52. The van der Waals surface area contributed by atoms with Crippen molar-refractivity contribution in [1.29, 1.82) is 0 Å². The second-order valence-electron chi connectivity index (χ2n) is 4.38. The van der Waals surface area contributed by atoms with Gasteiger partial charge in [-0.1, -0.05) is 6.07 Å². The minimum atomic E-state index is -0.385. The van der Waals surface area contributed by atoms with Crippen LogP contribution >= 0.6 is 11.8 Å². The lowest BCUT2D eigenvalue weighted by Crippen LogP contribution is -2.01. The molecule has 0 atom stereocenters. The normalized spacial score (nSPS) is 10.4. The lowest BCUT2D eigenvalue weighted by atomic mass is 10.2. The maximum Gasteiger partial charge on any atom is 0.292 e. The smallest absolute Gasteiger partial charge is 0.292 e. The fourth-order valence-corrected chi connectivity index (χ4v) is 2.70. The molecule has 0 amide bonds. The molecule has 2 aromatic rings.